The van der Waals surface area contributed by atoms with E-state index in [1.54, 1.807) is 11.3 Å². The lowest BCUT2D eigenvalue weighted by molar-refractivity contribution is 0.813. The number of benzene rings is 2. The van der Waals surface area contributed by atoms with Gasteiger partial charge in [-0.1, -0.05) is 60.7 Å². The first-order valence-corrected chi connectivity index (χ1v) is 7.56. The molecule has 3 rings (SSSR count). The zero-order chi connectivity index (χ0) is 13.9. The van der Waals surface area contributed by atoms with Gasteiger partial charge in [-0.25, -0.2) is 0 Å². The van der Waals surface area contributed by atoms with Gasteiger partial charge in [0.2, 0.25) is 0 Å². The molecule has 0 bridgehead atoms. The van der Waals surface area contributed by atoms with Crippen molar-refractivity contribution in [3.05, 3.63) is 70.2 Å². The summed E-state index contributed by atoms with van der Waals surface area (Å²) in [7, 11) is 0. The molecule has 0 aliphatic rings. The van der Waals surface area contributed by atoms with Gasteiger partial charge in [-0.15, -0.1) is 11.3 Å². The Morgan fingerprint density at radius 1 is 0.950 bits per heavy atom. The third kappa shape index (κ3) is 2.53. The van der Waals surface area contributed by atoms with Crippen LogP contribution in [0.5, 0.6) is 0 Å². The van der Waals surface area contributed by atoms with Gasteiger partial charge in [0, 0.05) is 0 Å². The molecular formula is C16H14N2S2. The predicted molar refractivity (Wildman–Crippen MR) is 88.5 cm³/mol. The van der Waals surface area contributed by atoms with Crippen LogP contribution < -0.4 is 5.73 Å². The fraction of sp³-hybridized carbons (Fsp3) is 0.0625. The van der Waals surface area contributed by atoms with Gasteiger partial charge in [-0.05, 0) is 23.3 Å². The largest absolute Gasteiger partial charge is 0.384 e. The summed E-state index contributed by atoms with van der Waals surface area (Å²) in [6.45, 7) is 0.717. The third-order valence-corrected chi connectivity index (χ3v) is 4.67. The average molecular weight is 298 g/mol. The number of thiazole rings is 1. The van der Waals surface area contributed by atoms with Gasteiger partial charge in [0.15, 0.2) is 3.95 Å². The summed E-state index contributed by atoms with van der Waals surface area (Å²) in [6, 6.07) is 20.4. The molecule has 2 aromatic carbocycles. The number of nitrogens with two attached hydrogens (primary N) is 1. The Hall–Kier alpha value is -1.91. The highest BCUT2D eigenvalue weighted by Crippen LogP contribution is 2.33. The quantitative estimate of drug-likeness (QED) is 0.718. The SMILES string of the molecule is Nc1c(-c2ccccc2)sc(=S)n1Cc1ccccc1. The molecule has 3 aromatic rings. The first-order valence-electron chi connectivity index (χ1n) is 6.34. The standard InChI is InChI=1S/C16H14N2S2/c17-15-14(13-9-5-2-6-10-13)20-16(19)18(15)11-12-7-3-1-4-8-12/h1-10H,11,17H2. The van der Waals surface area contributed by atoms with Crippen molar-refractivity contribution < 1.29 is 0 Å². The van der Waals surface area contributed by atoms with E-state index in [1.165, 1.54) is 5.56 Å². The van der Waals surface area contributed by atoms with Crippen LogP contribution in [-0.2, 0) is 6.54 Å². The highest BCUT2D eigenvalue weighted by molar-refractivity contribution is 7.73. The van der Waals surface area contributed by atoms with E-state index >= 15 is 0 Å². The van der Waals surface area contributed by atoms with E-state index in [2.05, 4.69) is 24.3 Å². The lowest BCUT2D eigenvalue weighted by atomic mass is 10.2. The van der Waals surface area contributed by atoms with E-state index in [-0.39, 0.29) is 0 Å². The minimum absolute atomic E-state index is 0.717. The van der Waals surface area contributed by atoms with E-state index in [0.717, 1.165) is 26.8 Å². The fourth-order valence-electron chi connectivity index (χ4n) is 2.13. The van der Waals surface area contributed by atoms with Crippen molar-refractivity contribution in [1.82, 2.24) is 4.57 Å². The fourth-order valence-corrected chi connectivity index (χ4v) is 3.46. The zero-order valence-corrected chi connectivity index (χ0v) is 12.5. The summed E-state index contributed by atoms with van der Waals surface area (Å²) < 4.78 is 2.81. The van der Waals surface area contributed by atoms with E-state index in [4.69, 9.17) is 18.0 Å². The topological polar surface area (TPSA) is 30.9 Å². The molecule has 2 N–H and O–H groups in total. The summed E-state index contributed by atoms with van der Waals surface area (Å²) >= 11 is 7.03. The van der Waals surface area contributed by atoms with Gasteiger partial charge >= 0.3 is 0 Å². The van der Waals surface area contributed by atoms with Crippen LogP contribution in [0, 0.1) is 3.95 Å². The lowest BCUT2D eigenvalue weighted by Gasteiger charge is -2.06. The van der Waals surface area contributed by atoms with Crippen molar-refractivity contribution in [3.8, 4) is 10.4 Å². The summed E-state index contributed by atoms with van der Waals surface area (Å²) in [5.41, 5.74) is 8.61. The molecule has 0 spiro atoms. The number of nitrogen functional groups attached to an aromatic ring is 1. The second-order valence-electron chi connectivity index (χ2n) is 4.52. The Morgan fingerprint density at radius 2 is 1.55 bits per heavy atom. The third-order valence-electron chi connectivity index (χ3n) is 3.15. The minimum atomic E-state index is 0.717. The van der Waals surface area contributed by atoms with Gasteiger partial charge in [0.1, 0.15) is 5.82 Å². The van der Waals surface area contributed by atoms with Gasteiger partial charge in [0.05, 0.1) is 11.4 Å². The van der Waals surface area contributed by atoms with Crippen LogP contribution in [0.25, 0.3) is 10.4 Å². The zero-order valence-electron chi connectivity index (χ0n) is 10.8. The molecule has 0 saturated carbocycles. The maximum atomic E-state index is 6.29. The number of nitrogens with zero attached hydrogens (tertiary/aromatic N) is 1. The molecule has 0 saturated heterocycles. The van der Waals surface area contributed by atoms with Crippen molar-refractivity contribution in [1.29, 1.82) is 0 Å². The summed E-state index contributed by atoms with van der Waals surface area (Å²) in [4.78, 5) is 1.05. The van der Waals surface area contributed by atoms with Crippen LogP contribution in [0.4, 0.5) is 5.82 Å². The molecule has 100 valence electrons. The Kier molecular flexibility index (Phi) is 3.67. The Labute approximate surface area is 127 Å². The molecule has 2 nitrogen and oxygen atoms in total. The molecule has 0 aliphatic carbocycles. The van der Waals surface area contributed by atoms with Crippen molar-refractivity contribution in [2.45, 2.75) is 6.54 Å². The van der Waals surface area contributed by atoms with E-state index in [9.17, 15) is 0 Å². The molecule has 0 amide bonds. The Bertz CT molecular complexity index is 758. The van der Waals surface area contributed by atoms with Crippen LogP contribution in [0.1, 0.15) is 5.56 Å². The van der Waals surface area contributed by atoms with Crippen LogP contribution >= 0.6 is 23.6 Å². The molecule has 20 heavy (non-hydrogen) atoms. The molecular weight excluding hydrogens is 284 g/mol. The molecule has 1 heterocycles. The van der Waals surface area contributed by atoms with Crippen LogP contribution in [0.3, 0.4) is 0 Å². The van der Waals surface area contributed by atoms with Crippen LogP contribution in [0.15, 0.2) is 60.7 Å². The van der Waals surface area contributed by atoms with Crippen LogP contribution in [-0.4, -0.2) is 4.57 Å². The average Bonchev–Trinajstić information content (AvgIpc) is 2.77. The highest BCUT2D eigenvalue weighted by atomic mass is 32.1. The number of rotatable bonds is 3. The normalized spacial score (nSPS) is 10.6. The van der Waals surface area contributed by atoms with E-state index in [0.29, 0.717) is 0 Å². The molecule has 0 fully saturated rings. The van der Waals surface area contributed by atoms with Gasteiger partial charge < -0.3 is 10.3 Å². The summed E-state index contributed by atoms with van der Waals surface area (Å²) in [5, 5.41) is 0. The lowest BCUT2D eigenvalue weighted by Crippen LogP contribution is -2.04. The molecule has 1 aromatic heterocycles. The van der Waals surface area contributed by atoms with Gasteiger partial charge in [-0.3, -0.25) is 0 Å². The van der Waals surface area contributed by atoms with Crippen LogP contribution in [0.2, 0.25) is 0 Å². The summed E-state index contributed by atoms with van der Waals surface area (Å²) in [5.74, 6) is 0.745. The second kappa shape index (κ2) is 5.61. The van der Waals surface area contributed by atoms with E-state index < -0.39 is 0 Å². The number of aromatic nitrogens is 1. The molecule has 0 aliphatic heterocycles. The summed E-state index contributed by atoms with van der Waals surface area (Å²) in [6.07, 6.45) is 0. The predicted octanol–water partition coefficient (Wildman–Crippen LogP) is 4.58. The van der Waals surface area contributed by atoms with Crippen molar-refractivity contribution in [2.24, 2.45) is 0 Å². The maximum Gasteiger partial charge on any atom is 0.163 e. The number of hydrogen-bond donors (Lipinski definition) is 1. The maximum absolute atomic E-state index is 6.29. The molecule has 0 radical (unpaired) electrons. The number of hydrogen-bond acceptors (Lipinski definition) is 3. The highest BCUT2D eigenvalue weighted by Gasteiger charge is 2.11. The Balaban J connectivity index is 2.02. The molecule has 0 atom stereocenters. The minimum Gasteiger partial charge on any atom is -0.384 e. The molecule has 4 heteroatoms. The van der Waals surface area contributed by atoms with Crippen molar-refractivity contribution in [2.75, 3.05) is 5.73 Å². The van der Waals surface area contributed by atoms with E-state index in [1.807, 2.05) is 41.0 Å². The number of anilines is 1. The first-order chi connectivity index (χ1) is 9.75. The molecule has 0 unspecified atom stereocenters. The second-order valence-corrected chi connectivity index (χ2v) is 6.16. The van der Waals surface area contributed by atoms with Gasteiger partial charge in [-0.2, -0.15) is 0 Å². The van der Waals surface area contributed by atoms with Crippen molar-refractivity contribution >= 4 is 29.4 Å². The Morgan fingerprint density at radius 3 is 2.20 bits per heavy atom. The van der Waals surface area contributed by atoms with Gasteiger partial charge in [0.25, 0.3) is 0 Å². The van der Waals surface area contributed by atoms with Crippen molar-refractivity contribution in [3.63, 3.8) is 0 Å². The monoisotopic (exact) mass is 298 g/mol. The smallest absolute Gasteiger partial charge is 0.163 e. The first kappa shape index (κ1) is 13.1.